The molecule has 19 heavy (non-hydrogen) atoms. The van der Waals surface area contributed by atoms with Gasteiger partial charge in [-0.25, -0.2) is 0 Å². The Hall–Kier alpha value is -1.52. The van der Waals surface area contributed by atoms with Crippen molar-refractivity contribution in [1.29, 1.82) is 0 Å². The lowest BCUT2D eigenvalue weighted by Crippen LogP contribution is -2.24. The largest absolute Gasteiger partial charge is 0.351 e. The highest BCUT2D eigenvalue weighted by Gasteiger charge is 2.03. The second-order valence-corrected chi connectivity index (χ2v) is 5.37. The van der Waals surface area contributed by atoms with Crippen LogP contribution in [0.1, 0.15) is 5.56 Å². The minimum Gasteiger partial charge on any atom is -0.351 e. The van der Waals surface area contributed by atoms with Gasteiger partial charge in [0.25, 0.3) is 0 Å². The number of nitrogens with zero attached hydrogens (tertiary/aromatic N) is 1. The molecule has 2 aromatic rings. The highest BCUT2D eigenvalue weighted by Crippen LogP contribution is 2.21. The molecule has 1 aromatic carbocycles. The Morgan fingerprint density at radius 2 is 2.21 bits per heavy atom. The maximum absolute atomic E-state index is 11.7. The number of carbonyl (C=O) groups is 1. The van der Waals surface area contributed by atoms with E-state index in [1.54, 1.807) is 12.4 Å². The van der Waals surface area contributed by atoms with Crippen molar-refractivity contribution in [3.63, 3.8) is 0 Å². The zero-order valence-electron chi connectivity index (χ0n) is 10.2. The highest BCUT2D eigenvalue weighted by atomic mass is 35.5. The van der Waals surface area contributed by atoms with Gasteiger partial charge >= 0.3 is 0 Å². The van der Waals surface area contributed by atoms with Gasteiger partial charge in [-0.2, -0.15) is 0 Å². The lowest BCUT2D eigenvalue weighted by molar-refractivity contribution is -0.118. The van der Waals surface area contributed by atoms with E-state index in [1.165, 1.54) is 11.8 Å². The number of nitrogens with one attached hydrogen (secondary N) is 1. The van der Waals surface area contributed by atoms with E-state index in [-0.39, 0.29) is 5.91 Å². The Morgan fingerprint density at radius 1 is 1.32 bits per heavy atom. The van der Waals surface area contributed by atoms with Crippen molar-refractivity contribution in [3.8, 4) is 0 Å². The van der Waals surface area contributed by atoms with Crippen LogP contribution in [0.25, 0.3) is 0 Å². The molecule has 0 atom stereocenters. The van der Waals surface area contributed by atoms with E-state index in [1.807, 2.05) is 36.4 Å². The monoisotopic (exact) mass is 292 g/mol. The number of hydrogen-bond donors (Lipinski definition) is 1. The van der Waals surface area contributed by atoms with Crippen LogP contribution in [0.3, 0.4) is 0 Å². The summed E-state index contributed by atoms with van der Waals surface area (Å²) in [6, 6.07) is 11.2. The van der Waals surface area contributed by atoms with Crippen molar-refractivity contribution < 1.29 is 4.79 Å². The highest BCUT2D eigenvalue weighted by molar-refractivity contribution is 8.00. The van der Waals surface area contributed by atoms with Gasteiger partial charge in [0.05, 0.1) is 5.75 Å². The quantitative estimate of drug-likeness (QED) is 0.861. The van der Waals surface area contributed by atoms with Crippen molar-refractivity contribution >= 4 is 29.3 Å². The number of thioether (sulfide) groups is 1. The smallest absolute Gasteiger partial charge is 0.230 e. The molecule has 1 amide bonds. The van der Waals surface area contributed by atoms with Gasteiger partial charge in [-0.15, -0.1) is 11.8 Å². The molecule has 0 aliphatic heterocycles. The van der Waals surface area contributed by atoms with Crippen LogP contribution in [0, 0.1) is 0 Å². The topological polar surface area (TPSA) is 42.0 Å². The third-order valence-electron chi connectivity index (χ3n) is 2.38. The first-order valence-corrected chi connectivity index (χ1v) is 7.14. The fraction of sp³-hybridized carbons (Fsp3) is 0.143. The van der Waals surface area contributed by atoms with E-state index < -0.39 is 0 Å². The van der Waals surface area contributed by atoms with Crippen LogP contribution >= 0.6 is 23.4 Å². The number of rotatable bonds is 5. The summed E-state index contributed by atoms with van der Waals surface area (Å²) in [6.45, 7) is 0.503. The fourth-order valence-electron chi connectivity index (χ4n) is 1.46. The van der Waals surface area contributed by atoms with Crippen LogP contribution in [-0.4, -0.2) is 16.6 Å². The second kappa shape index (κ2) is 7.16. The van der Waals surface area contributed by atoms with Gasteiger partial charge in [-0.1, -0.05) is 23.7 Å². The Kier molecular flexibility index (Phi) is 5.24. The summed E-state index contributed by atoms with van der Waals surface area (Å²) < 4.78 is 0. The van der Waals surface area contributed by atoms with E-state index in [9.17, 15) is 4.79 Å². The van der Waals surface area contributed by atoms with Gasteiger partial charge in [0.15, 0.2) is 0 Å². The second-order valence-electron chi connectivity index (χ2n) is 3.88. The molecule has 0 unspecified atom stereocenters. The molecule has 0 fully saturated rings. The van der Waals surface area contributed by atoms with Gasteiger partial charge in [0.1, 0.15) is 0 Å². The molecule has 1 N–H and O–H groups in total. The van der Waals surface area contributed by atoms with Gasteiger partial charge in [-0.05, 0) is 29.8 Å². The molecule has 1 heterocycles. The average Bonchev–Trinajstić information content (AvgIpc) is 2.44. The number of aromatic nitrogens is 1. The minimum absolute atomic E-state index is 0.00571. The summed E-state index contributed by atoms with van der Waals surface area (Å²) >= 11 is 7.35. The van der Waals surface area contributed by atoms with Crippen LogP contribution in [0.15, 0.2) is 53.7 Å². The Morgan fingerprint density at radius 3 is 2.95 bits per heavy atom. The lowest BCUT2D eigenvalue weighted by atomic mass is 10.3. The molecular weight excluding hydrogens is 280 g/mol. The number of benzene rings is 1. The summed E-state index contributed by atoms with van der Waals surface area (Å²) in [5.74, 6) is 0.370. The predicted octanol–water partition coefficient (Wildman–Crippen LogP) is 3.14. The third kappa shape index (κ3) is 4.93. The first-order chi connectivity index (χ1) is 9.24. The van der Waals surface area contributed by atoms with E-state index in [4.69, 9.17) is 11.6 Å². The van der Waals surface area contributed by atoms with Crippen LogP contribution < -0.4 is 5.32 Å². The van der Waals surface area contributed by atoms with E-state index in [0.717, 1.165) is 10.5 Å². The molecule has 0 bridgehead atoms. The van der Waals surface area contributed by atoms with Crippen LogP contribution in [0.2, 0.25) is 5.02 Å². The number of hydrogen-bond acceptors (Lipinski definition) is 3. The van der Waals surface area contributed by atoms with Crippen molar-refractivity contribution in [3.05, 3.63) is 59.4 Å². The van der Waals surface area contributed by atoms with E-state index in [0.29, 0.717) is 17.3 Å². The Balaban J connectivity index is 1.76. The SMILES string of the molecule is O=C(CSc1cccc(Cl)c1)NCc1cccnc1. The molecule has 1 aromatic heterocycles. The summed E-state index contributed by atoms with van der Waals surface area (Å²) in [6.07, 6.45) is 3.45. The van der Waals surface area contributed by atoms with Crippen molar-refractivity contribution in [2.45, 2.75) is 11.4 Å². The summed E-state index contributed by atoms with van der Waals surface area (Å²) in [5, 5.41) is 3.53. The predicted molar refractivity (Wildman–Crippen MR) is 78.3 cm³/mol. The maximum Gasteiger partial charge on any atom is 0.230 e. The van der Waals surface area contributed by atoms with E-state index in [2.05, 4.69) is 10.3 Å². The van der Waals surface area contributed by atoms with Crippen LogP contribution in [0.5, 0.6) is 0 Å². The Bertz CT molecular complexity index is 548. The zero-order chi connectivity index (χ0) is 13.5. The van der Waals surface area contributed by atoms with Crippen molar-refractivity contribution in [1.82, 2.24) is 10.3 Å². The summed E-state index contributed by atoms with van der Waals surface area (Å²) in [5.41, 5.74) is 0.989. The molecule has 3 nitrogen and oxygen atoms in total. The van der Waals surface area contributed by atoms with Crippen molar-refractivity contribution in [2.24, 2.45) is 0 Å². The molecule has 0 saturated carbocycles. The first-order valence-electron chi connectivity index (χ1n) is 5.78. The van der Waals surface area contributed by atoms with Gasteiger partial charge in [0.2, 0.25) is 5.91 Å². The molecule has 0 radical (unpaired) electrons. The standard InChI is InChI=1S/C14H13ClN2OS/c15-12-4-1-5-13(7-12)19-10-14(18)17-9-11-3-2-6-16-8-11/h1-8H,9-10H2,(H,17,18). The van der Waals surface area contributed by atoms with Gasteiger partial charge in [0, 0.05) is 28.9 Å². The summed E-state index contributed by atoms with van der Waals surface area (Å²) in [4.78, 5) is 16.7. The average molecular weight is 293 g/mol. The molecule has 0 saturated heterocycles. The van der Waals surface area contributed by atoms with Gasteiger partial charge < -0.3 is 5.32 Å². The number of carbonyl (C=O) groups excluding carboxylic acids is 1. The van der Waals surface area contributed by atoms with Gasteiger partial charge in [-0.3, -0.25) is 9.78 Å². The third-order valence-corrected chi connectivity index (χ3v) is 3.61. The minimum atomic E-state index is -0.00571. The van der Waals surface area contributed by atoms with Crippen LogP contribution in [-0.2, 0) is 11.3 Å². The molecule has 0 aliphatic rings. The van der Waals surface area contributed by atoms with Crippen LogP contribution in [0.4, 0.5) is 0 Å². The zero-order valence-corrected chi connectivity index (χ0v) is 11.7. The van der Waals surface area contributed by atoms with E-state index >= 15 is 0 Å². The molecule has 0 aliphatic carbocycles. The summed E-state index contributed by atoms with van der Waals surface area (Å²) in [7, 11) is 0. The van der Waals surface area contributed by atoms with Crippen molar-refractivity contribution in [2.75, 3.05) is 5.75 Å². The lowest BCUT2D eigenvalue weighted by Gasteiger charge is -2.05. The molecular formula is C14H13ClN2OS. The molecule has 0 spiro atoms. The number of halogens is 1. The Labute approximate surface area is 121 Å². The molecule has 5 heteroatoms. The molecule has 98 valence electrons. The number of amides is 1. The first kappa shape index (κ1) is 13.9. The normalized spacial score (nSPS) is 10.2. The fourth-order valence-corrected chi connectivity index (χ4v) is 2.50. The number of pyridine rings is 1. The maximum atomic E-state index is 11.7. The molecule has 2 rings (SSSR count).